The molecule has 8 heteroatoms. The molecule has 0 amide bonds. The highest BCUT2D eigenvalue weighted by Crippen LogP contribution is 2.28. The van der Waals surface area contributed by atoms with E-state index in [2.05, 4.69) is 20.7 Å². The van der Waals surface area contributed by atoms with Crippen LogP contribution in [0.2, 0.25) is 0 Å². The molecule has 28 heavy (non-hydrogen) atoms. The molecular weight excluding hydrogens is 376 g/mol. The Labute approximate surface area is 171 Å². The van der Waals surface area contributed by atoms with E-state index in [0.29, 0.717) is 19.7 Å². The highest BCUT2D eigenvalue weighted by atomic mass is 32.1. The lowest BCUT2D eigenvalue weighted by Crippen LogP contribution is -2.38. The molecule has 0 aliphatic rings. The maximum atomic E-state index is 5.65. The van der Waals surface area contributed by atoms with Gasteiger partial charge < -0.3 is 24.4 Å². The topological polar surface area (TPSA) is 68.2 Å². The maximum absolute atomic E-state index is 5.65. The van der Waals surface area contributed by atoms with Crippen molar-refractivity contribution in [1.82, 2.24) is 15.2 Å². The van der Waals surface area contributed by atoms with Crippen molar-refractivity contribution < 1.29 is 14.2 Å². The average Bonchev–Trinajstić information content (AvgIpc) is 3.16. The molecule has 7 nitrogen and oxygen atoms in total. The molecule has 1 aromatic carbocycles. The summed E-state index contributed by atoms with van der Waals surface area (Å²) in [5.74, 6) is 2.27. The van der Waals surface area contributed by atoms with Gasteiger partial charge in [-0.3, -0.25) is 4.99 Å². The zero-order valence-corrected chi connectivity index (χ0v) is 18.3. The Morgan fingerprint density at radius 3 is 2.75 bits per heavy atom. The predicted molar refractivity (Wildman–Crippen MR) is 113 cm³/mol. The number of nitrogens with one attached hydrogen (secondary N) is 1. The number of thiazole rings is 1. The molecule has 0 radical (unpaired) electrons. The first kappa shape index (κ1) is 22.0. The maximum Gasteiger partial charge on any atom is 0.194 e. The fourth-order valence-corrected chi connectivity index (χ4v) is 3.51. The smallest absolute Gasteiger partial charge is 0.194 e. The summed E-state index contributed by atoms with van der Waals surface area (Å²) < 4.78 is 16.3. The van der Waals surface area contributed by atoms with Crippen molar-refractivity contribution in [3.63, 3.8) is 0 Å². The number of rotatable bonds is 9. The summed E-state index contributed by atoms with van der Waals surface area (Å²) in [6.45, 7) is 5.84. The lowest BCUT2D eigenvalue weighted by molar-refractivity contribution is 0.119. The van der Waals surface area contributed by atoms with Crippen LogP contribution >= 0.6 is 11.3 Å². The summed E-state index contributed by atoms with van der Waals surface area (Å²) in [6, 6.07) is 5.92. The number of guanidine groups is 1. The SMILES string of the molecule is CCOc1cc(CNC(=NC)N(C)Cc2csc(C(C)OC)n2)ccc1OC. The fourth-order valence-electron chi connectivity index (χ4n) is 2.67. The van der Waals surface area contributed by atoms with Gasteiger partial charge in [-0.25, -0.2) is 4.98 Å². The molecule has 0 spiro atoms. The van der Waals surface area contributed by atoms with Gasteiger partial charge in [0.1, 0.15) is 11.1 Å². The molecule has 0 aliphatic heterocycles. The lowest BCUT2D eigenvalue weighted by Gasteiger charge is -2.21. The van der Waals surface area contributed by atoms with Crippen LogP contribution in [0.4, 0.5) is 0 Å². The van der Waals surface area contributed by atoms with E-state index in [1.54, 1.807) is 32.6 Å². The number of aromatic nitrogens is 1. The molecule has 1 unspecified atom stereocenters. The molecule has 0 aliphatic carbocycles. The van der Waals surface area contributed by atoms with Gasteiger partial charge in [-0.15, -0.1) is 11.3 Å². The van der Waals surface area contributed by atoms with E-state index in [9.17, 15) is 0 Å². The van der Waals surface area contributed by atoms with Gasteiger partial charge in [0.2, 0.25) is 0 Å². The Hall–Kier alpha value is -2.32. The molecule has 1 aromatic heterocycles. The lowest BCUT2D eigenvalue weighted by atomic mass is 10.2. The molecule has 0 saturated carbocycles. The highest BCUT2D eigenvalue weighted by molar-refractivity contribution is 7.09. The van der Waals surface area contributed by atoms with Crippen molar-refractivity contribution in [2.45, 2.75) is 33.0 Å². The Morgan fingerprint density at radius 2 is 2.11 bits per heavy atom. The second kappa shape index (κ2) is 10.9. The molecule has 0 fully saturated rings. The van der Waals surface area contributed by atoms with Gasteiger partial charge >= 0.3 is 0 Å². The molecule has 0 saturated heterocycles. The molecule has 2 rings (SSSR count). The Morgan fingerprint density at radius 1 is 1.32 bits per heavy atom. The number of methoxy groups -OCH3 is 2. The van der Waals surface area contributed by atoms with Gasteiger partial charge in [0.15, 0.2) is 17.5 Å². The van der Waals surface area contributed by atoms with Crippen LogP contribution in [0.15, 0.2) is 28.6 Å². The van der Waals surface area contributed by atoms with Crippen molar-refractivity contribution in [3.05, 3.63) is 39.8 Å². The summed E-state index contributed by atoms with van der Waals surface area (Å²) in [4.78, 5) is 11.1. The van der Waals surface area contributed by atoms with Crippen LogP contribution in [0.3, 0.4) is 0 Å². The third-order valence-electron chi connectivity index (χ3n) is 4.22. The normalized spacial score (nSPS) is 12.6. The highest BCUT2D eigenvalue weighted by Gasteiger charge is 2.13. The van der Waals surface area contributed by atoms with E-state index in [1.165, 1.54) is 0 Å². The average molecular weight is 407 g/mol. The zero-order valence-electron chi connectivity index (χ0n) is 17.5. The summed E-state index contributed by atoms with van der Waals surface area (Å²) in [5, 5.41) is 6.43. The van der Waals surface area contributed by atoms with Crippen molar-refractivity contribution in [2.75, 3.05) is 34.9 Å². The zero-order chi connectivity index (χ0) is 20.5. The van der Waals surface area contributed by atoms with Crippen LogP contribution in [-0.2, 0) is 17.8 Å². The van der Waals surface area contributed by atoms with Crippen molar-refractivity contribution in [3.8, 4) is 11.5 Å². The molecule has 154 valence electrons. The quantitative estimate of drug-likeness (QED) is 0.508. The number of ether oxygens (including phenoxy) is 3. The first-order chi connectivity index (χ1) is 13.5. The van der Waals surface area contributed by atoms with Gasteiger partial charge in [-0.1, -0.05) is 6.07 Å². The van der Waals surface area contributed by atoms with Crippen molar-refractivity contribution >= 4 is 17.3 Å². The largest absolute Gasteiger partial charge is 0.493 e. The Balaban J connectivity index is 1.98. The summed E-state index contributed by atoms with van der Waals surface area (Å²) in [6.07, 6.45) is 0.0103. The van der Waals surface area contributed by atoms with Crippen LogP contribution in [-0.4, -0.2) is 50.8 Å². The minimum absolute atomic E-state index is 0.0103. The molecule has 1 atom stereocenters. The fraction of sp³-hybridized carbons (Fsp3) is 0.500. The van der Waals surface area contributed by atoms with Crippen molar-refractivity contribution in [2.24, 2.45) is 4.99 Å². The predicted octanol–water partition coefficient (Wildman–Crippen LogP) is 3.47. The molecule has 0 bridgehead atoms. The van der Waals surface area contributed by atoms with Gasteiger partial charge in [0.05, 0.1) is 26.0 Å². The minimum Gasteiger partial charge on any atom is -0.493 e. The van der Waals surface area contributed by atoms with Gasteiger partial charge in [0, 0.05) is 33.1 Å². The molecular formula is C20H30N4O3S. The Bertz CT molecular complexity index is 779. The number of hydrogen-bond donors (Lipinski definition) is 1. The second-order valence-electron chi connectivity index (χ2n) is 6.23. The van der Waals surface area contributed by atoms with Gasteiger partial charge in [-0.2, -0.15) is 0 Å². The molecule has 1 N–H and O–H groups in total. The monoisotopic (exact) mass is 406 g/mol. The third-order valence-corrected chi connectivity index (χ3v) is 5.28. The first-order valence-electron chi connectivity index (χ1n) is 9.20. The third kappa shape index (κ3) is 5.84. The van der Waals surface area contributed by atoms with Crippen LogP contribution in [0.1, 0.15) is 36.2 Å². The van der Waals surface area contributed by atoms with Crippen LogP contribution in [0.5, 0.6) is 11.5 Å². The summed E-state index contributed by atoms with van der Waals surface area (Å²) in [7, 11) is 7.11. The van der Waals surface area contributed by atoms with Crippen molar-refractivity contribution in [1.29, 1.82) is 0 Å². The summed E-state index contributed by atoms with van der Waals surface area (Å²) in [5.41, 5.74) is 2.08. The van der Waals surface area contributed by atoms with E-state index in [-0.39, 0.29) is 6.10 Å². The van der Waals surface area contributed by atoms with E-state index in [1.807, 2.05) is 44.0 Å². The van der Waals surface area contributed by atoms with Gasteiger partial charge in [-0.05, 0) is 31.5 Å². The van der Waals surface area contributed by atoms with Crippen LogP contribution in [0, 0.1) is 0 Å². The number of benzene rings is 1. The number of hydrogen-bond acceptors (Lipinski definition) is 6. The van der Waals surface area contributed by atoms with E-state index >= 15 is 0 Å². The molecule has 1 heterocycles. The van der Waals surface area contributed by atoms with E-state index in [4.69, 9.17) is 14.2 Å². The number of nitrogens with zero attached hydrogens (tertiary/aromatic N) is 3. The van der Waals surface area contributed by atoms with E-state index < -0.39 is 0 Å². The van der Waals surface area contributed by atoms with E-state index in [0.717, 1.165) is 33.7 Å². The first-order valence-corrected chi connectivity index (χ1v) is 10.1. The molecule has 2 aromatic rings. The van der Waals surface area contributed by atoms with Crippen LogP contribution in [0.25, 0.3) is 0 Å². The second-order valence-corrected chi connectivity index (χ2v) is 7.12. The summed E-state index contributed by atoms with van der Waals surface area (Å²) >= 11 is 1.61. The standard InChI is InChI=1S/C20H30N4O3S/c1-7-27-18-10-15(8-9-17(18)26-6)11-22-20(21-3)24(4)12-16-13-28-19(23-16)14(2)25-5/h8-10,13-14H,7,11-12H2,1-6H3,(H,21,22). The minimum atomic E-state index is 0.0103. The number of aliphatic imine (C=N–C) groups is 1. The Kier molecular flexibility index (Phi) is 8.53. The van der Waals surface area contributed by atoms with Gasteiger partial charge in [0.25, 0.3) is 0 Å². The van der Waals surface area contributed by atoms with Crippen LogP contribution < -0.4 is 14.8 Å².